The van der Waals surface area contributed by atoms with E-state index in [-0.39, 0.29) is 17.7 Å². The summed E-state index contributed by atoms with van der Waals surface area (Å²) in [6.45, 7) is 4.99. The standard InChI is InChI=1S/C23H21BrN2O4S/c1-3-9-30-21-18(24)10-15(11-19(21)29-4-2)12-20-22(27)26(23(28)31-20)14-17-8-6-5-7-16(17)13-25/h5-8,10-12H,3-4,9,14H2,1-2H3/b20-12-. The minimum Gasteiger partial charge on any atom is -0.490 e. The third-order valence-electron chi connectivity index (χ3n) is 4.42. The molecule has 0 aliphatic carbocycles. The van der Waals surface area contributed by atoms with Gasteiger partial charge in [0, 0.05) is 0 Å². The van der Waals surface area contributed by atoms with E-state index in [0.717, 1.165) is 23.1 Å². The minimum atomic E-state index is -0.386. The fraction of sp³-hybridized carbons (Fsp3) is 0.261. The average molecular weight is 501 g/mol. The van der Waals surface area contributed by atoms with Gasteiger partial charge in [-0.15, -0.1) is 0 Å². The molecule has 0 aromatic heterocycles. The first-order valence-electron chi connectivity index (χ1n) is 9.81. The molecule has 2 amide bonds. The molecule has 0 saturated carbocycles. The van der Waals surface area contributed by atoms with Crippen molar-refractivity contribution in [2.24, 2.45) is 0 Å². The average Bonchev–Trinajstić information content (AvgIpc) is 3.01. The van der Waals surface area contributed by atoms with Crippen LogP contribution in [-0.4, -0.2) is 29.3 Å². The van der Waals surface area contributed by atoms with Crippen LogP contribution in [0.1, 0.15) is 37.0 Å². The number of ether oxygens (including phenoxy) is 2. The Kier molecular flexibility index (Phi) is 7.77. The van der Waals surface area contributed by atoms with Crippen molar-refractivity contribution in [1.82, 2.24) is 4.90 Å². The Labute approximate surface area is 194 Å². The number of hydrogen-bond donors (Lipinski definition) is 0. The molecule has 0 atom stereocenters. The van der Waals surface area contributed by atoms with Crippen molar-refractivity contribution in [3.05, 3.63) is 62.5 Å². The molecule has 160 valence electrons. The predicted octanol–water partition coefficient (Wildman–Crippen LogP) is 5.74. The fourth-order valence-corrected chi connectivity index (χ4v) is 4.42. The van der Waals surface area contributed by atoms with Crippen molar-refractivity contribution in [3.63, 3.8) is 0 Å². The van der Waals surface area contributed by atoms with Gasteiger partial charge in [-0.3, -0.25) is 14.5 Å². The highest BCUT2D eigenvalue weighted by Crippen LogP contribution is 2.39. The molecule has 0 bridgehead atoms. The second-order valence-corrected chi connectivity index (χ2v) is 8.50. The van der Waals surface area contributed by atoms with E-state index in [0.29, 0.717) is 50.8 Å². The number of carbonyl (C=O) groups excluding carboxylic acids is 2. The predicted molar refractivity (Wildman–Crippen MR) is 124 cm³/mol. The van der Waals surface area contributed by atoms with Gasteiger partial charge in [0.05, 0.1) is 40.8 Å². The van der Waals surface area contributed by atoms with Crippen LogP contribution in [-0.2, 0) is 11.3 Å². The summed E-state index contributed by atoms with van der Waals surface area (Å²) >= 11 is 4.39. The molecular formula is C23H21BrN2O4S. The second kappa shape index (κ2) is 10.5. The van der Waals surface area contributed by atoms with Gasteiger partial charge in [0.15, 0.2) is 11.5 Å². The zero-order valence-corrected chi connectivity index (χ0v) is 19.6. The molecule has 1 heterocycles. The summed E-state index contributed by atoms with van der Waals surface area (Å²) in [7, 11) is 0. The number of hydrogen-bond acceptors (Lipinski definition) is 6. The van der Waals surface area contributed by atoms with E-state index in [1.165, 1.54) is 0 Å². The van der Waals surface area contributed by atoms with Crippen LogP contribution in [0.5, 0.6) is 11.5 Å². The van der Waals surface area contributed by atoms with Gasteiger partial charge in [0.2, 0.25) is 0 Å². The highest BCUT2D eigenvalue weighted by molar-refractivity contribution is 9.10. The van der Waals surface area contributed by atoms with Gasteiger partial charge in [-0.1, -0.05) is 25.1 Å². The number of carbonyl (C=O) groups is 2. The smallest absolute Gasteiger partial charge is 0.293 e. The van der Waals surface area contributed by atoms with Crippen LogP contribution in [0.4, 0.5) is 4.79 Å². The monoisotopic (exact) mass is 500 g/mol. The van der Waals surface area contributed by atoms with Crippen LogP contribution < -0.4 is 9.47 Å². The number of nitriles is 1. The zero-order chi connectivity index (χ0) is 22.4. The SMILES string of the molecule is CCCOc1c(Br)cc(/C=C2\SC(=O)N(Cc3ccccc3C#N)C2=O)cc1OCC. The van der Waals surface area contributed by atoms with E-state index in [4.69, 9.17) is 9.47 Å². The maximum atomic E-state index is 12.9. The van der Waals surface area contributed by atoms with Crippen LogP contribution >= 0.6 is 27.7 Å². The Morgan fingerprint density at radius 1 is 1.19 bits per heavy atom. The van der Waals surface area contributed by atoms with Crippen LogP contribution in [0.3, 0.4) is 0 Å². The molecule has 1 fully saturated rings. The molecule has 1 saturated heterocycles. The molecule has 1 aliphatic heterocycles. The topological polar surface area (TPSA) is 79.6 Å². The van der Waals surface area contributed by atoms with Gasteiger partial charge >= 0.3 is 0 Å². The Morgan fingerprint density at radius 3 is 2.68 bits per heavy atom. The van der Waals surface area contributed by atoms with E-state index in [9.17, 15) is 14.9 Å². The number of halogens is 1. The van der Waals surface area contributed by atoms with Crippen molar-refractivity contribution < 1.29 is 19.1 Å². The Balaban J connectivity index is 1.88. The number of imide groups is 1. The van der Waals surface area contributed by atoms with Gasteiger partial charge in [-0.05, 0) is 76.4 Å². The van der Waals surface area contributed by atoms with Crippen LogP contribution in [0, 0.1) is 11.3 Å². The Hall–Kier alpha value is -2.76. The molecule has 8 heteroatoms. The molecule has 6 nitrogen and oxygen atoms in total. The van der Waals surface area contributed by atoms with Crippen LogP contribution in [0.2, 0.25) is 0 Å². The van der Waals surface area contributed by atoms with Crippen molar-refractivity contribution in [3.8, 4) is 17.6 Å². The van der Waals surface area contributed by atoms with Gasteiger partial charge in [0.25, 0.3) is 11.1 Å². The number of amides is 2. The number of benzene rings is 2. The Morgan fingerprint density at radius 2 is 1.97 bits per heavy atom. The first kappa shape index (κ1) is 22.9. The normalized spacial score (nSPS) is 14.8. The van der Waals surface area contributed by atoms with Crippen molar-refractivity contribution in [2.45, 2.75) is 26.8 Å². The molecule has 31 heavy (non-hydrogen) atoms. The number of thioether (sulfide) groups is 1. The summed E-state index contributed by atoms with van der Waals surface area (Å²) in [5.41, 5.74) is 1.79. The first-order valence-corrected chi connectivity index (χ1v) is 11.4. The fourth-order valence-electron chi connectivity index (χ4n) is 3.00. The molecule has 0 N–H and O–H groups in total. The lowest BCUT2D eigenvalue weighted by atomic mass is 10.1. The van der Waals surface area contributed by atoms with Gasteiger partial charge in [-0.2, -0.15) is 5.26 Å². The third kappa shape index (κ3) is 5.30. The van der Waals surface area contributed by atoms with Crippen molar-refractivity contribution in [2.75, 3.05) is 13.2 Å². The maximum Gasteiger partial charge on any atom is 0.293 e. The van der Waals surface area contributed by atoms with Crippen LogP contribution in [0.25, 0.3) is 6.08 Å². The molecule has 2 aromatic carbocycles. The van der Waals surface area contributed by atoms with Gasteiger partial charge in [-0.25, -0.2) is 0 Å². The van der Waals surface area contributed by atoms with E-state index < -0.39 is 0 Å². The first-order chi connectivity index (χ1) is 15.0. The lowest BCUT2D eigenvalue weighted by Gasteiger charge is -2.14. The largest absolute Gasteiger partial charge is 0.490 e. The minimum absolute atomic E-state index is 0.0590. The number of nitrogens with zero attached hydrogens (tertiary/aromatic N) is 2. The quantitative estimate of drug-likeness (QED) is 0.429. The molecule has 0 radical (unpaired) electrons. The molecule has 0 unspecified atom stereocenters. The summed E-state index contributed by atoms with van der Waals surface area (Å²) < 4.78 is 12.2. The van der Waals surface area contributed by atoms with E-state index >= 15 is 0 Å². The van der Waals surface area contributed by atoms with Gasteiger partial charge in [0.1, 0.15) is 0 Å². The highest BCUT2D eigenvalue weighted by atomic mass is 79.9. The second-order valence-electron chi connectivity index (χ2n) is 6.65. The lowest BCUT2D eigenvalue weighted by molar-refractivity contribution is -0.123. The van der Waals surface area contributed by atoms with E-state index in [1.807, 2.05) is 19.9 Å². The number of rotatable bonds is 8. The Bertz CT molecular complexity index is 1080. The summed E-state index contributed by atoms with van der Waals surface area (Å²) in [4.78, 5) is 26.9. The third-order valence-corrected chi connectivity index (χ3v) is 5.92. The van der Waals surface area contributed by atoms with Crippen LogP contribution in [0.15, 0.2) is 45.8 Å². The maximum absolute atomic E-state index is 12.9. The summed E-state index contributed by atoms with van der Waals surface area (Å²) in [5, 5.41) is 8.90. The lowest BCUT2D eigenvalue weighted by Crippen LogP contribution is -2.27. The zero-order valence-electron chi connectivity index (χ0n) is 17.2. The molecule has 0 spiro atoms. The highest BCUT2D eigenvalue weighted by Gasteiger charge is 2.35. The van der Waals surface area contributed by atoms with Crippen molar-refractivity contribution >= 4 is 44.9 Å². The summed E-state index contributed by atoms with van der Waals surface area (Å²) in [6.07, 6.45) is 2.53. The summed E-state index contributed by atoms with van der Waals surface area (Å²) in [5.74, 6) is 0.795. The molecule has 2 aromatic rings. The molecule has 3 rings (SSSR count). The van der Waals surface area contributed by atoms with E-state index in [2.05, 4.69) is 22.0 Å². The summed E-state index contributed by atoms with van der Waals surface area (Å²) in [6, 6.07) is 12.6. The van der Waals surface area contributed by atoms with Crippen molar-refractivity contribution in [1.29, 1.82) is 5.26 Å². The van der Waals surface area contributed by atoms with Gasteiger partial charge < -0.3 is 9.47 Å². The van der Waals surface area contributed by atoms with E-state index in [1.54, 1.807) is 36.4 Å². The molecule has 1 aliphatic rings. The molecular weight excluding hydrogens is 480 g/mol.